The molecule has 1 unspecified atom stereocenters. The summed E-state index contributed by atoms with van der Waals surface area (Å²) in [5.74, 6) is 0.751. The van der Waals surface area contributed by atoms with Crippen molar-refractivity contribution in [2.24, 2.45) is 0 Å². The Bertz CT molecular complexity index is 654. The van der Waals surface area contributed by atoms with E-state index in [1.807, 2.05) is 43.0 Å². The van der Waals surface area contributed by atoms with Crippen LogP contribution < -0.4 is 5.32 Å². The van der Waals surface area contributed by atoms with Crippen LogP contribution in [0.4, 0.5) is 0 Å². The molecule has 2 amide bonds. The molecule has 0 radical (unpaired) electrons. The Morgan fingerprint density at radius 2 is 1.88 bits per heavy atom. The van der Waals surface area contributed by atoms with Gasteiger partial charge in [-0.3, -0.25) is 9.59 Å². The molecule has 0 bridgehead atoms. The highest BCUT2D eigenvalue weighted by molar-refractivity contribution is 8.01. The first-order valence-corrected chi connectivity index (χ1v) is 10.4. The van der Waals surface area contributed by atoms with E-state index in [1.165, 1.54) is 5.56 Å². The van der Waals surface area contributed by atoms with Gasteiger partial charge in [0.1, 0.15) is 6.04 Å². The van der Waals surface area contributed by atoms with Crippen LogP contribution in [-0.4, -0.2) is 58.4 Å². The van der Waals surface area contributed by atoms with Crippen LogP contribution in [0.1, 0.15) is 37.3 Å². The van der Waals surface area contributed by atoms with E-state index in [-0.39, 0.29) is 22.7 Å². The van der Waals surface area contributed by atoms with E-state index >= 15 is 0 Å². The van der Waals surface area contributed by atoms with Gasteiger partial charge in [-0.05, 0) is 32.4 Å². The molecular formula is C20H29N3O2S. The fraction of sp³-hybridized carbons (Fsp3) is 0.600. The predicted octanol–water partition coefficient (Wildman–Crippen LogP) is 2.39. The van der Waals surface area contributed by atoms with E-state index in [0.717, 1.165) is 31.5 Å². The molecule has 2 saturated heterocycles. The number of nitrogens with one attached hydrogen (secondary N) is 1. The number of carbonyl (C=O) groups is 2. The molecule has 1 spiro atoms. The monoisotopic (exact) mass is 375 g/mol. The SMILES string of the molecule is CCC(=O)N1C(C(=O)NCc2ccc(C)cc2)CSC12CCN(C)CC2. The number of rotatable bonds is 4. The first kappa shape index (κ1) is 19.2. The molecule has 2 aliphatic heterocycles. The zero-order valence-corrected chi connectivity index (χ0v) is 16.8. The highest BCUT2D eigenvalue weighted by Gasteiger charge is 2.52. The van der Waals surface area contributed by atoms with Gasteiger partial charge >= 0.3 is 0 Å². The average molecular weight is 376 g/mol. The maximum Gasteiger partial charge on any atom is 0.243 e. The van der Waals surface area contributed by atoms with Crippen LogP contribution in [0, 0.1) is 6.92 Å². The van der Waals surface area contributed by atoms with Gasteiger partial charge in [0.2, 0.25) is 11.8 Å². The lowest BCUT2D eigenvalue weighted by molar-refractivity contribution is -0.143. The lowest BCUT2D eigenvalue weighted by Gasteiger charge is -2.44. The maximum atomic E-state index is 12.9. The van der Waals surface area contributed by atoms with Gasteiger partial charge in [-0.25, -0.2) is 0 Å². The summed E-state index contributed by atoms with van der Waals surface area (Å²) in [6, 6.07) is 7.81. The highest BCUT2D eigenvalue weighted by Crippen LogP contribution is 2.46. The number of hydrogen-bond acceptors (Lipinski definition) is 4. The molecule has 2 heterocycles. The van der Waals surface area contributed by atoms with Crippen LogP contribution in [-0.2, 0) is 16.1 Å². The number of nitrogens with zero attached hydrogens (tertiary/aromatic N) is 2. The minimum absolute atomic E-state index is 0.0318. The number of likely N-dealkylation sites (tertiary alicyclic amines) is 1. The molecule has 142 valence electrons. The van der Waals surface area contributed by atoms with Crippen molar-refractivity contribution in [3.8, 4) is 0 Å². The van der Waals surface area contributed by atoms with Crippen LogP contribution in [0.5, 0.6) is 0 Å². The molecule has 2 aliphatic rings. The van der Waals surface area contributed by atoms with E-state index < -0.39 is 0 Å². The molecule has 1 aromatic carbocycles. The van der Waals surface area contributed by atoms with Crippen LogP contribution in [0.2, 0.25) is 0 Å². The third-order valence-corrected chi connectivity index (χ3v) is 7.11. The summed E-state index contributed by atoms with van der Waals surface area (Å²) < 4.78 is 0. The van der Waals surface area contributed by atoms with Crippen LogP contribution in [0.25, 0.3) is 0 Å². The molecule has 0 saturated carbocycles. The molecule has 5 nitrogen and oxygen atoms in total. The van der Waals surface area contributed by atoms with Gasteiger partial charge in [0.15, 0.2) is 0 Å². The number of aryl methyl sites for hydroxylation is 1. The number of piperidine rings is 1. The first-order chi connectivity index (χ1) is 12.4. The Morgan fingerprint density at radius 3 is 2.50 bits per heavy atom. The van der Waals surface area contributed by atoms with Crippen molar-refractivity contribution in [2.45, 2.75) is 50.6 Å². The number of amides is 2. The molecular weight excluding hydrogens is 346 g/mol. The molecule has 26 heavy (non-hydrogen) atoms. The van der Waals surface area contributed by atoms with E-state index in [0.29, 0.717) is 18.7 Å². The van der Waals surface area contributed by atoms with Crippen molar-refractivity contribution in [1.29, 1.82) is 0 Å². The summed E-state index contributed by atoms with van der Waals surface area (Å²) in [6.45, 7) is 6.38. The van der Waals surface area contributed by atoms with Crippen molar-refractivity contribution in [1.82, 2.24) is 15.1 Å². The second kappa shape index (κ2) is 8.01. The summed E-state index contributed by atoms with van der Waals surface area (Å²) in [5, 5.41) is 3.04. The topological polar surface area (TPSA) is 52.7 Å². The number of hydrogen-bond donors (Lipinski definition) is 1. The Kier molecular flexibility index (Phi) is 5.92. The third-order valence-electron chi connectivity index (χ3n) is 5.49. The second-order valence-electron chi connectivity index (χ2n) is 7.40. The molecule has 2 fully saturated rings. The van der Waals surface area contributed by atoms with Gasteiger partial charge in [0, 0.05) is 31.8 Å². The van der Waals surface area contributed by atoms with E-state index in [9.17, 15) is 9.59 Å². The fourth-order valence-electron chi connectivity index (χ4n) is 3.79. The number of thioether (sulfide) groups is 1. The number of carbonyl (C=O) groups excluding carboxylic acids is 2. The van der Waals surface area contributed by atoms with Crippen molar-refractivity contribution in [3.05, 3.63) is 35.4 Å². The summed E-state index contributed by atoms with van der Waals surface area (Å²) in [7, 11) is 2.12. The second-order valence-corrected chi connectivity index (χ2v) is 8.78. The molecule has 1 aromatic rings. The lowest BCUT2D eigenvalue weighted by atomic mass is 10.00. The van der Waals surface area contributed by atoms with Gasteiger partial charge < -0.3 is 15.1 Å². The molecule has 3 rings (SSSR count). The quantitative estimate of drug-likeness (QED) is 0.878. The lowest BCUT2D eigenvalue weighted by Crippen LogP contribution is -2.57. The average Bonchev–Trinajstić information content (AvgIpc) is 3.02. The third kappa shape index (κ3) is 3.91. The Hall–Kier alpha value is -1.53. The minimum Gasteiger partial charge on any atom is -0.350 e. The van der Waals surface area contributed by atoms with Crippen molar-refractivity contribution < 1.29 is 9.59 Å². The predicted molar refractivity (Wildman–Crippen MR) is 106 cm³/mol. The van der Waals surface area contributed by atoms with Gasteiger partial charge in [-0.15, -0.1) is 11.8 Å². The molecule has 6 heteroatoms. The minimum atomic E-state index is -0.360. The normalized spacial score (nSPS) is 22.6. The largest absolute Gasteiger partial charge is 0.350 e. The van der Waals surface area contributed by atoms with Gasteiger partial charge in [0.05, 0.1) is 4.87 Å². The van der Waals surface area contributed by atoms with Crippen LogP contribution >= 0.6 is 11.8 Å². The molecule has 1 atom stereocenters. The molecule has 0 aromatic heterocycles. The molecule has 0 aliphatic carbocycles. The first-order valence-electron chi connectivity index (χ1n) is 9.43. The molecule has 1 N–H and O–H groups in total. The van der Waals surface area contributed by atoms with E-state index in [2.05, 4.69) is 17.3 Å². The summed E-state index contributed by atoms with van der Waals surface area (Å²) >= 11 is 1.80. The van der Waals surface area contributed by atoms with E-state index in [1.54, 1.807) is 11.8 Å². The summed E-state index contributed by atoms with van der Waals surface area (Å²) in [6.07, 6.45) is 2.31. The number of benzene rings is 1. The van der Waals surface area contributed by atoms with Crippen LogP contribution in [0.15, 0.2) is 24.3 Å². The van der Waals surface area contributed by atoms with Crippen molar-refractivity contribution in [2.75, 3.05) is 25.9 Å². The Labute approximate surface area is 160 Å². The highest BCUT2D eigenvalue weighted by atomic mass is 32.2. The zero-order chi connectivity index (χ0) is 18.7. The standard InChI is InChI=1S/C20H29N3O2S/c1-4-18(24)23-17(14-26-20(23)9-11-22(3)12-10-20)19(25)21-13-16-7-5-15(2)6-8-16/h5-8,17H,4,9-14H2,1-3H3,(H,21,25). The zero-order valence-electron chi connectivity index (χ0n) is 16.0. The fourth-order valence-corrected chi connectivity index (χ4v) is 5.40. The summed E-state index contributed by atoms with van der Waals surface area (Å²) in [5.41, 5.74) is 2.29. The van der Waals surface area contributed by atoms with Crippen LogP contribution in [0.3, 0.4) is 0 Å². The van der Waals surface area contributed by atoms with Gasteiger partial charge in [-0.1, -0.05) is 36.8 Å². The maximum absolute atomic E-state index is 12.9. The van der Waals surface area contributed by atoms with Gasteiger partial charge in [0.25, 0.3) is 0 Å². The van der Waals surface area contributed by atoms with Gasteiger partial charge in [-0.2, -0.15) is 0 Å². The smallest absolute Gasteiger partial charge is 0.243 e. The Morgan fingerprint density at radius 1 is 1.23 bits per heavy atom. The Balaban J connectivity index is 1.70. The summed E-state index contributed by atoms with van der Waals surface area (Å²) in [4.78, 5) is 29.6. The van der Waals surface area contributed by atoms with Crippen molar-refractivity contribution in [3.63, 3.8) is 0 Å². The van der Waals surface area contributed by atoms with Crippen molar-refractivity contribution >= 4 is 23.6 Å². The van der Waals surface area contributed by atoms with E-state index in [4.69, 9.17) is 0 Å².